The van der Waals surface area contributed by atoms with E-state index in [1.807, 2.05) is 0 Å². The summed E-state index contributed by atoms with van der Waals surface area (Å²) in [6.07, 6.45) is 2.76. The summed E-state index contributed by atoms with van der Waals surface area (Å²) in [5.74, 6) is 0.913. The van der Waals surface area contributed by atoms with Gasteiger partial charge in [-0.2, -0.15) is 0 Å². The van der Waals surface area contributed by atoms with Crippen molar-refractivity contribution in [3.05, 3.63) is 53.9 Å². The number of pyridine rings is 1. The van der Waals surface area contributed by atoms with Gasteiger partial charge in [0, 0.05) is 12.3 Å². The monoisotopic (exact) mass is 481 g/mol. The van der Waals surface area contributed by atoms with E-state index in [2.05, 4.69) is 25.6 Å². The maximum absolute atomic E-state index is 12.5. The van der Waals surface area contributed by atoms with E-state index in [1.165, 1.54) is 44.6 Å². The molecule has 0 amide bonds. The third-order valence-corrected chi connectivity index (χ3v) is 8.06. The summed E-state index contributed by atoms with van der Waals surface area (Å²) in [6, 6.07) is 8.77. The quantitative estimate of drug-likeness (QED) is 0.495. The number of rotatable bonds is 8. The van der Waals surface area contributed by atoms with Crippen LogP contribution in [0.2, 0.25) is 5.02 Å². The first-order valence-corrected chi connectivity index (χ1v) is 12.9. The largest absolute Gasteiger partial charge is 0.339 e. The fourth-order valence-corrected chi connectivity index (χ4v) is 4.66. The minimum Gasteiger partial charge on any atom is -0.339 e. The molecule has 0 bridgehead atoms. The van der Waals surface area contributed by atoms with E-state index in [0.29, 0.717) is 16.7 Å². The molecule has 31 heavy (non-hydrogen) atoms. The normalized spacial score (nSPS) is 11.8. The van der Waals surface area contributed by atoms with Crippen LogP contribution < -0.4 is 10.6 Å². The van der Waals surface area contributed by atoms with Gasteiger partial charge in [-0.05, 0) is 30.3 Å². The van der Waals surface area contributed by atoms with Crippen LogP contribution >= 0.6 is 11.6 Å². The van der Waals surface area contributed by atoms with Crippen molar-refractivity contribution in [3.8, 4) is 0 Å². The Hall–Kier alpha value is -2.76. The highest BCUT2D eigenvalue weighted by Crippen LogP contribution is 2.29. The molecule has 2 heterocycles. The third kappa shape index (κ3) is 5.49. The zero-order chi connectivity index (χ0) is 22.6. The molecule has 0 fully saturated rings. The molecule has 0 saturated carbocycles. The fourth-order valence-electron chi connectivity index (χ4n) is 2.61. The van der Waals surface area contributed by atoms with Gasteiger partial charge < -0.3 is 10.6 Å². The second-order valence-electron chi connectivity index (χ2n) is 6.36. The van der Waals surface area contributed by atoms with E-state index >= 15 is 0 Å². The number of hydrogen-bond donors (Lipinski definition) is 2. The molecule has 0 unspecified atom stereocenters. The summed E-state index contributed by atoms with van der Waals surface area (Å²) >= 11 is 5.83. The highest BCUT2D eigenvalue weighted by molar-refractivity contribution is 7.92. The van der Waals surface area contributed by atoms with Crippen LogP contribution in [0.25, 0.3) is 0 Å². The number of aromatic nitrogens is 3. The molecule has 2 N–H and O–H groups in total. The molecule has 164 valence electrons. The first-order valence-electron chi connectivity index (χ1n) is 9.22. The fraction of sp³-hybridized carbons (Fsp3) is 0.211. The summed E-state index contributed by atoms with van der Waals surface area (Å²) < 4.78 is 49.6. The van der Waals surface area contributed by atoms with Crippen molar-refractivity contribution < 1.29 is 16.8 Å². The minimum atomic E-state index is -3.62. The Labute approximate surface area is 185 Å². The molecule has 12 heteroatoms. The summed E-state index contributed by atoms with van der Waals surface area (Å²) in [5, 5.41) is 6.38. The molecule has 1 aromatic carbocycles. The van der Waals surface area contributed by atoms with Crippen LogP contribution in [-0.4, -0.2) is 43.3 Å². The molecule has 3 rings (SSSR count). The van der Waals surface area contributed by atoms with Gasteiger partial charge in [-0.15, -0.1) is 0 Å². The smallest absolute Gasteiger partial charge is 0.180 e. The number of sulfone groups is 2. The third-order valence-electron chi connectivity index (χ3n) is 4.32. The standard InChI is InChI=1S/C19H20ClN5O4S2/c1-3-30(26,27)14-6-7-16(31(28,29)4-2)15(9-14)24-18-10-19(23-12-22-18)25-17-8-5-13(20)11-21-17/h5-12H,3-4H2,1-2H3,(H2,21,22,23,24,25). The van der Waals surface area contributed by atoms with Gasteiger partial charge >= 0.3 is 0 Å². The van der Waals surface area contributed by atoms with Crippen molar-refractivity contribution in [2.24, 2.45) is 0 Å². The van der Waals surface area contributed by atoms with Gasteiger partial charge in [0.1, 0.15) is 23.8 Å². The Morgan fingerprint density at radius 1 is 0.806 bits per heavy atom. The molecule has 0 aliphatic carbocycles. The van der Waals surface area contributed by atoms with Gasteiger partial charge in [0.15, 0.2) is 19.7 Å². The van der Waals surface area contributed by atoms with Gasteiger partial charge in [-0.1, -0.05) is 25.4 Å². The molecule has 0 radical (unpaired) electrons. The summed E-state index contributed by atoms with van der Waals surface area (Å²) in [4.78, 5) is 12.3. The zero-order valence-corrected chi connectivity index (χ0v) is 19.1. The van der Waals surface area contributed by atoms with E-state index in [-0.39, 0.29) is 32.8 Å². The number of nitrogens with zero attached hydrogens (tertiary/aromatic N) is 3. The molecule has 3 aromatic rings. The van der Waals surface area contributed by atoms with Crippen LogP contribution in [0.5, 0.6) is 0 Å². The lowest BCUT2D eigenvalue weighted by Crippen LogP contribution is -2.10. The van der Waals surface area contributed by atoms with Crippen molar-refractivity contribution in [2.75, 3.05) is 22.1 Å². The molecule has 0 aliphatic rings. The second-order valence-corrected chi connectivity index (χ2v) is 11.3. The van der Waals surface area contributed by atoms with Gasteiger partial charge in [-0.25, -0.2) is 31.8 Å². The lowest BCUT2D eigenvalue weighted by Gasteiger charge is -2.14. The average molecular weight is 482 g/mol. The Balaban J connectivity index is 1.98. The maximum Gasteiger partial charge on any atom is 0.180 e. The van der Waals surface area contributed by atoms with E-state index < -0.39 is 19.7 Å². The van der Waals surface area contributed by atoms with Crippen molar-refractivity contribution in [3.63, 3.8) is 0 Å². The Kier molecular flexibility index (Phi) is 6.77. The number of halogens is 1. The van der Waals surface area contributed by atoms with E-state index in [9.17, 15) is 16.8 Å². The Bertz CT molecular complexity index is 1300. The topological polar surface area (TPSA) is 131 Å². The van der Waals surface area contributed by atoms with Crippen LogP contribution in [-0.2, 0) is 19.7 Å². The minimum absolute atomic E-state index is 0.0162. The van der Waals surface area contributed by atoms with Gasteiger partial charge in [0.2, 0.25) is 0 Å². The number of benzene rings is 1. The average Bonchev–Trinajstić information content (AvgIpc) is 2.75. The maximum atomic E-state index is 12.5. The van der Waals surface area contributed by atoms with Gasteiger partial charge in [0.05, 0.1) is 32.0 Å². The second kappa shape index (κ2) is 9.16. The molecule has 0 atom stereocenters. The highest BCUT2D eigenvalue weighted by Gasteiger charge is 2.21. The summed E-state index contributed by atoms with van der Waals surface area (Å²) in [6.45, 7) is 3.04. The lowest BCUT2D eigenvalue weighted by atomic mass is 10.3. The number of nitrogens with one attached hydrogen (secondary N) is 2. The molecule has 2 aromatic heterocycles. The van der Waals surface area contributed by atoms with Crippen molar-refractivity contribution >= 4 is 54.4 Å². The molecule has 0 aliphatic heterocycles. The predicted octanol–water partition coefficient (Wildman–Crippen LogP) is 3.60. The molecular weight excluding hydrogens is 462 g/mol. The molecule has 0 saturated heterocycles. The van der Waals surface area contributed by atoms with Gasteiger partial charge in [-0.3, -0.25) is 0 Å². The zero-order valence-electron chi connectivity index (χ0n) is 16.7. The Morgan fingerprint density at radius 2 is 1.48 bits per heavy atom. The first-order chi connectivity index (χ1) is 14.6. The van der Waals surface area contributed by atoms with E-state index in [4.69, 9.17) is 11.6 Å². The van der Waals surface area contributed by atoms with E-state index in [1.54, 1.807) is 18.2 Å². The SMILES string of the molecule is CCS(=O)(=O)c1ccc(S(=O)(=O)CC)c(Nc2cc(Nc3ccc(Cl)cn3)ncn2)c1. The van der Waals surface area contributed by atoms with Crippen LogP contribution in [0.1, 0.15) is 13.8 Å². The van der Waals surface area contributed by atoms with Crippen molar-refractivity contribution in [2.45, 2.75) is 23.6 Å². The van der Waals surface area contributed by atoms with Crippen molar-refractivity contribution in [1.82, 2.24) is 15.0 Å². The summed E-state index contributed by atoms with van der Waals surface area (Å²) in [7, 11) is -7.15. The Morgan fingerprint density at radius 3 is 2.10 bits per heavy atom. The number of anilines is 4. The van der Waals surface area contributed by atoms with E-state index in [0.717, 1.165) is 0 Å². The van der Waals surface area contributed by atoms with Crippen LogP contribution in [0.3, 0.4) is 0 Å². The van der Waals surface area contributed by atoms with Crippen LogP contribution in [0.4, 0.5) is 23.1 Å². The van der Waals surface area contributed by atoms with Gasteiger partial charge in [0.25, 0.3) is 0 Å². The predicted molar refractivity (Wildman–Crippen MR) is 120 cm³/mol. The number of hydrogen-bond acceptors (Lipinski definition) is 9. The highest BCUT2D eigenvalue weighted by atomic mass is 35.5. The van der Waals surface area contributed by atoms with Crippen LogP contribution in [0, 0.1) is 0 Å². The lowest BCUT2D eigenvalue weighted by molar-refractivity contribution is 0.594. The first kappa shape index (κ1) is 22.9. The molecular formula is C19H20ClN5O4S2. The molecule has 0 spiro atoms. The van der Waals surface area contributed by atoms with Crippen LogP contribution in [0.15, 0.2) is 58.7 Å². The molecule has 9 nitrogen and oxygen atoms in total. The van der Waals surface area contributed by atoms with Crippen molar-refractivity contribution in [1.29, 1.82) is 0 Å². The summed E-state index contributed by atoms with van der Waals surface area (Å²) in [5.41, 5.74) is 0.116.